The SMILES string of the molecule is CC/C=C/C/C=C/C/C=C/CCCCCCCCCCCCC(=O)OC(COCCC(C(=O)[O-])[N+](C)(C)C)COC(=O)CCCCC/C=C/CCCCCCCCC. The summed E-state index contributed by atoms with van der Waals surface area (Å²) < 4.78 is 17.2. The normalized spacial score (nSPS) is 13.3. The first-order chi connectivity index (χ1) is 28.1. The van der Waals surface area contributed by atoms with Crippen molar-refractivity contribution in [3.05, 3.63) is 48.6 Å². The summed E-state index contributed by atoms with van der Waals surface area (Å²) in [4.78, 5) is 36.9. The third kappa shape index (κ3) is 38.8. The highest BCUT2D eigenvalue weighted by Gasteiger charge is 2.25. The van der Waals surface area contributed by atoms with Gasteiger partial charge in [-0.1, -0.05) is 159 Å². The van der Waals surface area contributed by atoms with E-state index in [0.29, 0.717) is 12.8 Å². The number of ether oxygens (including phenoxy) is 3. The van der Waals surface area contributed by atoms with Crippen molar-refractivity contribution >= 4 is 17.9 Å². The summed E-state index contributed by atoms with van der Waals surface area (Å²) in [5, 5.41) is 11.6. The predicted molar refractivity (Wildman–Crippen MR) is 240 cm³/mol. The zero-order chi connectivity index (χ0) is 42.8. The molecule has 2 unspecified atom stereocenters. The monoisotopic (exact) mass is 816 g/mol. The molecule has 2 atom stereocenters. The van der Waals surface area contributed by atoms with Crippen molar-refractivity contribution in [2.75, 3.05) is 41.0 Å². The lowest BCUT2D eigenvalue weighted by Crippen LogP contribution is -2.55. The molecule has 0 heterocycles. The smallest absolute Gasteiger partial charge is 0.306 e. The van der Waals surface area contributed by atoms with Gasteiger partial charge in [-0.05, 0) is 70.6 Å². The number of allylic oxidation sites excluding steroid dienone is 8. The lowest BCUT2D eigenvalue weighted by atomic mass is 10.0. The van der Waals surface area contributed by atoms with Crippen LogP contribution in [-0.2, 0) is 28.6 Å². The number of aliphatic carboxylic acids is 1. The van der Waals surface area contributed by atoms with Crippen molar-refractivity contribution in [3.63, 3.8) is 0 Å². The van der Waals surface area contributed by atoms with Gasteiger partial charge in [-0.2, -0.15) is 0 Å². The van der Waals surface area contributed by atoms with Crippen molar-refractivity contribution in [3.8, 4) is 0 Å². The molecule has 0 aliphatic carbocycles. The number of rotatable bonds is 42. The lowest BCUT2D eigenvalue weighted by molar-refractivity contribution is -0.889. The van der Waals surface area contributed by atoms with Crippen LogP contribution in [0.3, 0.4) is 0 Å². The fourth-order valence-electron chi connectivity index (χ4n) is 6.79. The van der Waals surface area contributed by atoms with Crippen LogP contribution in [0.5, 0.6) is 0 Å². The Labute approximate surface area is 356 Å². The van der Waals surface area contributed by atoms with Crippen LogP contribution in [0.1, 0.15) is 200 Å². The molecular formula is C50H89NO7. The molecule has 8 nitrogen and oxygen atoms in total. The maximum Gasteiger partial charge on any atom is 0.306 e. The van der Waals surface area contributed by atoms with E-state index in [1.807, 2.05) is 0 Å². The summed E-state index contributed by atoms with van der Waals surface area (Å²) in [6.45, 7) is 4.54. The number of carboxylic acid groups (broad SMARTS) is 1. The van der Waals surface area contributed by atoms with Gasteiger partial charge in [0.25, 0.3) is 0 Å². The number of hydrogen-bond donors (Lipinski definition) is 0. The molecule has 58 heavy (non-hydrogen) atoms. The van der Waals surface area contributed by atoms with Crippen molar-refractivity contribution in [1.82, 2.24) is 0 Å². The predicted octanol–water partition coefficient (Wildman–Crippen LogP) is 11.9. The topological polar surface area (TPSA) is 102 Å². The molecule has 336 valence electrons. The number of nitrogens with zero attached hydrogens (tertiary/aromatic N) is 1. The largest absolute Gasteiger partial charge is 0.544 e. The minimum absolute atomic E-state index is 0.0346. The summed E-state index contributed by atoms with van der Waals surface area (Å²) in [7, 11) is 5.40. The zero-order valence-corrected chi connectivity index (χ0v) is 38.2. The molecule has 0 aliphatic heterocycles. The molecule has 0 aliphatic rings. The minimum Gasteiger partial charge on any atom is -0.544 e. The third-order valence-electron chi connectivity index (χ3n) is 10.4. The number of quaternary nitrogens is 1. The molecule has 0 rings (SSSR count). The molecule has 0 saturated carbocycles. The fraction of sp³-hybridized carbons (Fsp3) is 0.780. The van der Waals surface area contributed by atoms with E-state index in [0.717, 1.165) is 70.6 Å². The van der Waals surface area contributed by atoms with E-state index >= 15 is 0 Å². The van der Waals surface area contributed by atoms with Crippen LogP contribution >= 0.6 is 0 Å². The van der Waals surface area contributed by atoms with Gasteiger partial charge in [-0.3, -0.25) is 9.59 Å². The number of carbonyl (C=O) groups excluding carboxylic acids is 3. The van der Waals surface area contributed by atoms with Crippen LogP contribution in [0.25, 0.3) is 0 Å². The quantitative estimate of drug-likeness (QED) is 0.0262. The summed E-state index contributed by atoms with van der Waals surface area (Å²) in [6.07, 6.45) is 48.5. The second kappa shape index (κ2) is 41.0. The standard InChI is InChI=1S/C50H89NO7/c1-6-8-10-12-14-16-18-20-22-23-24-25-26-27-29-31-33-35-37-39-41-49(53)58-46(44-56-43-42-47(50(54)55)51(3,4)5)45-57-48(52)40-38-36-34-32-30-28-21-19-17-15-13-11-9-7-2/h8,10,14,16,20,22,28,30,46-47H,6-7,9,11-13,15,17-19,21,23-27,29,31-45H2,1-5H3/b10-8+,16-14+,22-20+,30-28+. The first-order valence-electron chi connectivity index (χ1n) is 23.7. The second-order valence-electron chi connectivity index (χ2n) is 17.0. The van der Waals surface area contributed by atoms with E-state index in [-0.39, 0.29) is 42.7 Å². The van der Waals surface area contributed by atoms with Crippen molar-refractivity contribution in [2.45, 2.75) is 212 Å². The fourth-order valence-corrected chi connectivity index (χ4v) is 6.79. The van der Waals surface area contributed by atoms with Gasteiger partial charge < -0.3 is 28.6 Å². The van der Waals surface area contributed by atoms with Crippen LogP contribution in [0.4, 0.5) is 0 Å². The first kappa shape index (κ1) is 55.3. The van der Waals surface area contributed by atoms with Crippen LogP contribution < -0.4 is 5.11 Å². The Morgan fingerprint density at radius 2 is 0.966 bits per heavy atom. The Kier molecular flexibility index (Phi) is 39.1. The van der Waals surface area contributed by atoms with Gasteiger partial charge in [-0.15, -0.1) is 0 Å². The van der Waals surface area contributed by atoms with Gasteiger partial charge in [0.1, 0.15) is 12.6 Å². The Bertz CT molecular complexity index is 1090. The molecule has 0 aromatic rings. The molecule has 0 bridgehead atoms. The number of unbranched alkanes of at least 4 members (excludes halogenated alkanes) is 20. The minimum atomic E-state index is -1.13. The number of carboxylic acids is 1. The summed E-state index contributed by atoms with van der Waals surface area (Å²) in [5.74, 6) is -1.76. The van der Waals surface area contributed by atoms with Gasteiger partial charge in [0, 0.05) is 19.3 Å². The first-order valence-corrected chi connectivity index (χ1v) is 23.7. The highest BCUT2D eigenvalue weighted by Crippen LogP contribution is 2.14. The average molecular weight is 816 g/mol. The summed E-state index contributed by atoms with van der Waals surface area (Å²) in [5.41, 5.74) is 0. The van der Waals surface area contributed by atoms with E-state index in [1.54, 1.807) is 21.1 Å². The maximum atomic E-state index is 12.7. The van der Waals surface area contributed by atoms with Crippen LogP contribution in [0.2, 0.25) is 0 Å². The van der Waals surface area contributed by atoms with Crippen LogP contribution in [0, 0.1) is 0 Å². The molecule has 0 radical (unpaired) electrons. The zero-order valence-electron chi connectivity index (χ0n) is 38.2. The van der Waals surface area contributed by atoms with E-state index in [1.165, 1.54) is 96.3 Å². The third-order valence-corrected chi connectivity index (χ3v) is 10.4. The number of carbonyl (C=O) groups is 3. The van der Waals surface area contributed by atoms with E-state index in [2.05, 4.69) is 62.5 Å². The Hall–Kier alpha value is -2.71. The van der Waals surface area contributed by atoms with Crippen molar-refractivity contribution in [1.29, 1.82) is 0 Å². The van der Waals surface area contributed by atoms with Gasteiger partial charge in [0.2, 0.25) is 0 Å². The van der Waals surface area contributed by atoms with E-state index in [4.69, 9.17) is 14.2 Å². The van der Waals surface area contributed by atoms with Crippen molar-refractivity contribution < 1.29 is 38.2 Å². The van der Waals surface area contributed by atoms with Gasteiger partial charge in [0.15, 0.2) is 6.10 Å². The molecule has 0 amide bonds. The highest BCUT2D eigenvalue weighted by molar-refractivity contribution is 5.70. The van der Waals surface area contributed by atoms with Crippen LogP contribution in [-0.4, -0.2) is 75.5 Å². The van der Waals surface area contributed by atoms with Crippen LogP contribution in [0.15, 0.2) is 48.6 Å². The van der Waals surface area contributed by atoms with E-state index in [9.17, 15) is 19.5 Å². The number of hydrogen-bond acceptors (Lipinski definition) is 7. The molecular weight excluding hydrogens is 727 g/mol. The average Bonchev–Trinajstić information content (AvgIpc) is 3.18. The number of likely N-dealkylation sites (N-methyl/N-ethyl adjacent to an activating group) is 1. The summed E-state index contributed by atoms with van der Waals surface area (Å²) >= 11 is 0. The summed E-state index contributed by atoms with van der Waals surface area (Å²) in [6, 6.07) is -0.729. The molecule has 0 fully saturated rings. The Morgan fingerprint density at radius 3 is 1.47 bits per heavy atom. The Balaban J connectivity index is 4.30. The lowest BCUT2D eigenvalue weighted by Gasteiger charge is -2.34. The molecule has 0 spiro atoms. The highest BCUT2D eigenvalue weighted by atomic mass is 16.6. The second-order valence-corrected chi connectivity index (χ2v) is 17.0. The van der Waals surface area contributed by atoms with Gasteiger partial charge >= 0.3 is 11.9 Å². The molecule has 0 aromatic heterocycles. The molecule has 0 saturated heterocycles. The molecule has 8 heteroatoms. The molecule has 0 aromatic carbocycles. The maximum absolute atomic E-state index is 12.7. The number of esters is 2. The van der Waals surface area contributed by atoms with Crippen molar-refractivity contribution in [2.24, 2.45) is 0 Å². The molecule has 0 N–H and O–H groups in total. The van der Waals surface area contributed by atoms with E-state index < -0.39 is 18.1 Å². The van der Waals surface area contributed by atoms with Gasteiger partial charge in [0.05, 0.1) is 40.3 Å². The Morgan fingerprint density at radius 1 is 0.534 bits per heavy atom. The van der Waals surface area contributed by atoms with Gasteiger partial charge in [-0.25, -0.2) is 0 Å².